The Morgan fingerprint density at radius 1 is 1.40 bits per heavy atom. The van der Waals surface area contributed by atoms with Crippen molar-refractivity contribution in [3.63, 3.8) is 0 Å². The van der Waals surface area contributed by atoms with Gasteiger partial charge in [-0.3, -0.25) is 9.09 Å². The fourth-order valence-corrected chi connectivity index (χ4v) is 4.08. The van der Waals surface area contributed by atoms with Gasteiger partial charge in [0.25, 0.3) is 7.82 Å². The Labute approximate surface area is 149 Å². The first-order valence-electron chi connectivity index (χ1n) is 8.43. The van der Waals surface area contributed by atoms with Crippen LogP contribution >= 0.6 is 7.82 Å². The molecule has 25 heavy (non-hydrogen) atoms. The zero-order valence-electron chi connectivity index (χ0n) is 15.1. The second kappa shape index (κ2) is 7.74. The summed E-state index contributed by atoms with van der Waals surface area (Å²) in [4.78, 5) is 19.7. The van der Waals surface area contributed by atoms with Gasteiger partial charge in [0.05, 0.1) is 33.4 Å². The Bertz CT molecular complexity index is 631. The molecule has 1 aromatic carbocycles. The summed E-state index contributed by atoms with van der Waals surface area (Å²) in [5, 5.41) is 11.4. The Balaban J connectivity index is 2.20. The van der Waals surface area contributed by atoms with Crippen LogP contribution in [0.15, 0.2) is 24.3 Å². The summed E-state index contributed by atoms with van der Waals surface area (Å²) in [5.74, 6) is 0.636. The normalized spacial score (nSPS) is 26.9. The maximum atomic E-state index is 11.4. The first-order valence-corrected chi connectivity index (χ1v) is 9.92. The lowest BCUT2D eigenvalue weighted by molar-refractivity contribution is -0.911. The number of phosphoric ester groups is 1. The van der Waals surface area contributed by atoms with Crippen molar-refractivity contribution in [2.24, 2.45) is 5.92 Å². The zero-order chi connectivity index (χ0) is 18.7. The molecule has 1 saturated carbocycles. The molecule has 8 heteroatoms. The van der Waals surface area contributed by atoms with Gasteiger partial charge in [-0.1, -0.05) is 25.0 Å². The standard InChI is InChI=1S/C17H28NO6P/c1-18(2,13-24-25(20,21)22)12-15-7-4-5-10-17(15,19)14-8-6-9-16(11-14)23-3/h6,8-9,11,15,19H,4-5,7,10,12-13H2,1-3H3,(H-,20,21,22)/t15-,17+/m1/s1. The number of hydrogen-bond acceptors (Lipinski definition) is 5. The molecular weight excluding hydrogens is 345 g/mol. The minimum atomic E-state index is -4.76. The molecule has 0 aromatic heterocycles. The smallest absolute Gasteiger partial charge is 0.269 e. The van der Waals surface area contributed by atoms with E-state index in [1.165, 1.54) is 0 Å². The summed E-state index contributed by atoms with van der Waals surface area (Å²) < 4.78 is 20.9. The Morgan fingerprint density at radius 2 is 2.12 bits per heavy atom. The van der Waals surface area contributed by atoms with E-state index in [0.717, 1.165) is 24.8 Å². The van der Waals surface area contributed by atoms with Crippen LogP contribution in [0.1, 0.15) is 31.2 Å². The largest absolute Gasteiger partial charge is 0.756 e. The van der Waals surface area contributed by atoms with Crippen LogP contribution in [-0.4, -0.2) is 49.0 Å². The van der Waals surface area contributed by atoms with Crippen LogP contribution in [-0.2, 0) is 14.7 Å². The van der Waals surface area contributed by atoms with Gasteiger partial charge in [-0.25, -0.2) is 0 Å². The number of nitrogens with zero attached hydrogens (tertiary/aromatic N) is 1. The molecule has 7 nitrogen and oxygen atoms in total. The lowest BCUT2D eigenvalue weighted by Crippen LogP contribution is -2.51. The second-order valence-corrected chi connectivity index (χ2v) is 8.64. The fraction of sp³-hybridized carbons (Fsp3) is 0.647. The molecule has 1 aliphatic rings. The van der Waals surface area contributed by atoms with Crippen molar-refractivity contribution in [1.29, 1.82) is 0 Å². The first-order chi connectivity index (χ1) is 11.6. The van der Waals surface area contributed by atoms with Crippen LogP contribution < -0.4 is 9.63 Å². The van der Waals surface area contributed by atoms with E-state index >= 15 is 0 Å². The highest BCUT2D eigenvalue weighted by molar-refractivity contribution is 7.44. The van der Waals surface area contributed by atoms with Crippen LogP contribution in [0.2, 0.25) is 0 Å². The molecule has 0 amide bonds. The summed E-state index contributed by atoms with van der Waals surface area (Å²) in [6.45, 7) is 0.343. The van der Waals surface area contributed by atoms with Crippen molar-refractivity contribution in [2.75, 3.05) is 34.5 Å². The molecule has 0 bridgehead atoms. The van der Waals surface area contributed by atoms with Gasteiger partial charge in [-0.15, -0.1) is 0 Å². The summed E-state index contributed by atoms with van der Waals surface area (Å²) in [6, 6.07) is 7.46. The third kappa shape index (κ3) is 5.51. The molecule has 2 rings (SSSR count). The second-order valence-electron chi connectivity index (χ2n) is 7.44. The topological polar surface area (TPSA) is 99.0 Å². The van der Waals surface area contributed by atoms with Crippen molar-refractivity contribution in [1.82, 2.24) is 0 Å². The highest BCUT2D eigenvalue weighted by atomic mass is 31.2. The zero-order valence-corrected chi connectivity index (χ0v) is 15.9. The maximum absolute atomic E-state index is 11.4. The lowest BCUT2D eigenvalue weighted by Gasteiger charge is -2.44. The minimum Gasteiger partial charge on any atom is -0.756 e. The summed E-state index contributed by atoms with van der Waals surface area (Å²) in [6.07, 6.45) is 3.42. The molecule has 0 spiro atoms. The minimum absolute atomic E-state index is 0.0586. The third-order valence-electron chi connectivity index (χ3n) is 4.89. The van der Waals surface area contributed by atoms with Crippen LogP contribution in [0.5, 0.6) is 5.75 Å². The number of rotatable bonds is 7. The molecule has 3 atom stereocenters. The number of methoxy groups -OCH3 is 1. The van der Waals surface area contributed by atoms with E-state index in [1.807, 2.05) is 38.4 Å². The van der Waals surface area contributed by atoms with Crippen molar-refractivity contribution in [3.8, 4) is 5.75 Å². The van der Waals surface area contributed by atoms with E-state index < -0.39 is 13.4 Å². The predicted molar refractivity (Wildman–Crippen MR) is 91.6 cm³/mol. The van der Waals surface area contributed by atoms with Gasteiger partial charge in [0, 0.05) is 5.92 Å². The number of ether oxygens (including phenoxy) is 1. The molecular formula is C17H28NO6P. The molecule has 142 valence electrons. The van der Waals surface area contributed by atoms with Crippen LogP contribution in [0.3, 0.4) is 0 Å². The fourth-order valence-electron chi connectivity index (χ4n) is 3.62. The average Bonchev–Trinajstić information content (AvgIpc) is 2.55. The van der Waals surface area contributed by atoms with Crippen LogP contribution in [0.4, 0.5) is 0 Å². The predicted octanol–water partition coefficient (Wildman–Crippen LogP) is 1.58. The highest BCUT2D eigenvalue weighted by Crippen LogP contribution is 2.43. The number of aliphatic hydroxyl groups is 1. The van der Waals surface area contributed by atoms with E-state index in [9.17, 15) is 14.6 Å². The number of quaternary nitrogens is 1. The van der Waals surface area contributed by atoms with Crippen LogP contribution in [0, 0.1) is 5.92 Å². The Morgan fingerprint density at radius 3 is 2.76 bits per heavy atom. The van der Waals surface area contributed by atoms with E-state index in [2.05, 4.69) is 4.52 Å². The van der Waals surface area contributed by atoms with Gasteiger partial charge >= 0.3 is 0 Å². The number of phosphoric acid groups is 1. The van der Waals surface area contributed by atoms with E-state index in [0.29, 0.717) is 18.7 Å². The quantitative estimate of drug-likeness (QED) is 0.428. The molecule has 0 saturated heterocycles. The molecule has 1 aliphatic carbocycles. The molecule has 0 aliphatic heterocycles. The monoisotopic (exact) mass is 373 g/mol. The molecule has 2 N–H and O–H groups in total. The first kappa shape index (κ1) is 20.4. The van der Waals surface area contributed by atoms with E-state index in [4.69, 9.17) is 9.63 Å². The molecule has 0 heterocycles. The Kier molecular flexibility index (Phi) is 6.30. The third-order valence-corrected chi connectivity index (χ3v) is 5.33. The van der Waals surface area contributed by atoms with Gasteiger partial charge in [0.15, 0.2) is 6.73 Å². The lowest BCUT2D eigenvalue weighted by atomic mass is 9.71. The molecule has 1 fully saturated rings. The number of benzene rings is 1. The molecule has 1 unspecified atom stereocenters. The Hall–Kier alpha value is -0.950. The van der Waals surface area contributed by atoms with Gasteiger partial charge in [0.1, 0.15) is 5.75 Å². The van der Waals surface area contributed by atoms with Crippen molar-refractivity contribution < 1.29 is 33.2 Å². The summed E-state index contributed by atoms with van der Waals surface area (Å²) in [7, 11) is 0.463. The van der Waals surface area contributed by atoms with Gasteiger partial charge in [-0.2, -0.15) is 0 Å². The molecule has 1 aromatic rings. The van der Waals surface area contributed by atoms with Gasteiger partial charge in [0.2, 0.25) is 0 Å². The van der Waals surface area contributed by atoms with E-state index in [-0.39, 0.29) is 17.1 Å². The van der Waals surface area contributed by atoms with Crippen molar-refractivity contribution in [2.45, 2.75) is 31.3 Å². The summed E-state index contributed by atoms with van der Waals surface area (Å²) in [5.41, 5.74) is -0.183. The maximum Gasteiger partial charge on any atom is 0.269 e. The van der Waals surface area contributed by atoms with Gasteiger partial charge < -0.3 is 24.1 Å². The molecule has 0 radical (unpaired) electrons. The van der Waals surface area contributed by atoms with Crippen LogP contribution in [0.25, 0.3) is 0 Å². The van der Waals surface area contributed by atoms with Crippen molar-refractivity contribution >= 4 is 7.82 Å². The average molecular weight is 373 g/mol. The van der Waals surface area contributed by atoms with E-state index in [1.54, 1.807) is 7.11 Å². The number of hydrogen-bond donors (Lipinski definition) is 2. The van der Waals surface area contributed by atoms with Gasteiger partial charge in [-0.05, 0) is 30.5 Å². The highest BCUT2D eigenvalue weighted by Gasteiger charge is 2.43. The summed E-state index contributed by atoms with van der Waals surface area (Å²) >= 11 is 0. The SMILES string of the molecule is COc1cccc([C@@]2(O)CCCC[C@@H]2C[N+](C)(C)COP(=O)([O-])O)c1. The van der Waals surface area contributed by atoms with Crippen molar-refractivity contribution in [3.05, 3.63) is 29.8 Å².